The predicted octanol–water partition coefficient (Wildman–Crippen LogP) is 17.0. The van der Waals surface area contributed by atoms with Gasteiger partial charge in [0, 0.05) is 33.0 Å². The van der Waals surface area contributed by atoms with Crippen LogP contribution in [0.3, 0.4) is 0 Å². The first kappa shape index (κ1) is 36.1. The van der Waals surface area contributed by atoms with Crippen LogP contribution in [0.5, 0.6) is 0 Å². The molecule has 2 nitrogen and oxygen atoms in total. The smallest absolute Gasteiger partial charge is 0.136 e. The fraction of sp³-hybridized carbons (Fsp3) is 0.103. The average Bonchev–Trinajstić information content (AvgIpc) is 3.92. The molecule has 0 N–H and O–H groups in total. The molecule has 61 heavy (non-hydrogen) atoms. The van der Waals surface area contributed by atoms with Crippen LogP contribution in [-0.4, -0.2) is 0 Å². The molecule has 0 saturated heterocycles. The molecular weight excluding hydrogens is 759 g/mol. The van der Waals surface area contributed by atoms with Gasteiger partial charge in [0.2, 0.25) is 0 Å². The van der Waals surface area contributed by atoms with Crippen LogP contribution in [0.4, 0.5) is 17.1 Å². The van der Waals surface area contributed by atoms with Crippen LogP contribution in [0.15, 0.2) is 208 Å². The molecule has 12 rings (SSSR count). The molecule has 3 aliphatic carbocycles. The van der Waals surface area contributed by atoms with Crippen molar-refractivity contribution < 1.29 is 4.42 Å². The lowest BCUT2D eigenvalue weighted by Crippen LogP contribution is -2.12. The summed E-state index contributed by atoms with van der Waals surface area (Å²) in [4.78, 5) is 5.30. The number of allylic oxidation sites excluding steroid dienone is 12. The highest BCUT2D eigenvalue weighted by atomic mass is 32.2. The molecule has 1 aliphatic heterocycles. The van der Waals surface area contributed by atoms with Crippen LogP contribution in [0.1, 0.15) is 54.7 Å². The first-order chi connectivity index (χ1) is 30.2. The minimum absolute atomic E-state index is 0.429. The monoisotopic (exact) mass is 801 g/mol. The van der Waals surface area contributed by atoms with Gasteiger partial charge >= 0.3 is 0 Å². The van der Waals surface area contributed by atoms with Crippen molar-refractivity contribution in [2.24, 2.45) is 0 Å². The van der Waals surface area contributed by atoms with Gasteiger partial charge < -0.3 is 9.32 Å². The average molecular weight is 802 g/mol. The molecule has 4 aliphatic rings. The van der Waals surface area contributed by atoms with E-state index in [9.17, 15) is 0 Å². The highest BCUT2D eigenvalue weighted by molar-refractivity contribution is 8.03. The quantitative estimate of drug-likeness (QED) is 0.160. The second-order valence-electron chi connectivity index (χ2n) is 16.5. The van der Waals surface area contributed by atoms with Gasteiger partial charge in [-0.05, 0) is 146 Å². The Morgan fingerprint density at radius 2 is 1.30 bits per heavy atom. The maximum Gasteiger partial charge on any atom is 0.136 e. The summed E-state index contributed by atoms with van der Waals surface area (Å²) in [6.07, 6.45) is 26.2. The lowest BCUT2D eigenvalue weighted by molar-refractivity contribution is 0.669. The van der Waals surface area contributed by atoms with Gasteiger partial charge in [-0.25, -0.2) is 0 Å². The maximum absolute atomic E-state index is 6.25. The largest absolute Gasteiger partial charge is 0.456 e. The second-order valence-corrected chi connectivity index (χ2v) is 17.6. The number of para-hydroxylation sites is 1. The molecule has 0 radical (unpaired) electrons. The van der Waals surface area contributed by atoms with Gasteiger partial charge in [0.1, 0.15) is 11.2 Å². The Hall–Kier alpha value is -6.81. The summed E-state index contributed by atoms with van der Waals surface area (Å²) in [5.74, 6) is 0.429. The van der Waals surface area contributed by atoms with Gasteiger partial charge in [-0.15, -0.1) is 0 Å². The van der Waals surface area contributed by atoms with Crippen molar-refractivity contribution in [3.8, 4) is 22.3 Å². The Morgan fingerprint density at radius 1 is 0.541 bits per heavy atom. The molecule has 0 fully saturated rings. The summed E-state index contributed by atoms with van der Waals surface area (Å²) < 4.78 is 6.25. The Morgan fingerprint density at radius 3 is 2.13 bits per heavy atom. The first-order valence-electron chi connectivity index (χ1n) is 21.6. The van der Waals surface area contributed by atoms with Gasteiger partial charge in [-0.2, -0.15) is 0 Å². The Bertz CT molecular complexity index is 3240. The van der Waals surface area contributed by atoms with Crippen LogP contribution in [0.2, 0.25) is 0 Å². The molecule has 0 spiro atoms. The van der Waals surface area contributed by atoms with Crippen LogP contribution in [-0.2, 0) is 0 Å². The molecule has 3 heteroatoms. The van der Waals surface area contributed by atoms with Crippen molar-refractivity contribution in [1.82, 2.24) is 0 Å². The zero-order valence-corrected chi connectivity index (χ0v) is 34.7. The van der Waals surface area contributed by atoms with Crippen LogP contribution in [0.25, 0.3) is 66.1 Å². The standard InChI is InChI=1S/C58H43NOS/c1-3-12-38(13-4-1)39-28-31-45(32-29-39)59(53-19-11-18-49-48-16-8-10-21-56(48)61-58(49)53)46-33-34-47(51(37-46)41-14-5-2-6-15-41)42-24-22-40(23-25-42)44-27-26-43-30-35-55-57(52(43)36-44)50-17-7-9-20-54(50)60-55/h3,5,7-15,17-37,48H,1-2,4,6,16H2. The van der Waals surface area contributed by atoms with E-state index in [1.165, 1.54) is 81.7 Å². The van der Waals surface area contributed by atoms with Crippen molar-refractivity contribution >= 4 is 72.7 Å². The number of hydrogen-bond donors (Lipinski definition) is 0. The molecular formula is C58H43NOS. The van der Waals surface area contributed by atoms with Crippen molar-refractivity contribution in [1.29, 1.82) is 0 Å². The number of nitrogens with zero attached hydrogens (tertiary/aromatic N) is 1. The van der Waals surface area contributed by atoms with E-state index < -0.39 is 0 Å². The number of benzene rings is 7. The fourth-order valence-electron chi connectivity index (χ4n) is 9.81. The van der Waals surface area contributed by atoms with Gasteiger partial charge in [0.25, 0.3) is 0 Å². The van der Waals surface area contributed by atoms with E-state index in [2.05, 4.69) is 193 Å². The Labute approximate surface area is 361 Å². The molecule has 1 unspecified atom stereocenters. The fourth-order valence-corrected chi connectivity index (χ4v) is 11.2. The van der Waals surface area contributed by atoms with Crippen LogP contribution >= 0.6 is 11.8 Å². The SMILES string of the molecule is C1=CCC2C(=C1)Sc1c2cccc1N(c1ccc(C2=CCCC=C2)cc1)c1ccc(-c2ccc(-c3ccc4ccc5oc6ccccc6c5c4c3)cc2)c(C2=CCCC=C2)c1. The van der Waals surface area contributed by atoms with E-state index in [0.717, 1.165) is 60.0 Å². The molecule has 8 aromatic rings. The van der Waals surface area contributed by atoms with E-state index in [1.807, 2.05) is 17.8 Å². The van der Waals surface area contributed by atoms with Crippen molar-refractivity contribution in [2.75, 3.05) is 4.90 Å². The van der Waals surface area contributed by atoms with E-state index in [0.29, 0.717) is 5.92 Å². The molecule has 0 saturated carbocycles. The number of furan rings is 1. The minimum Gasteiger partial charge on any atom is -0.456 e. The van der Waals surface area contributed by atoms with E-state index >= 15 is 0 Å². The lowest BCUT2D eigenvalue weighted by Gasteiger charge is -2.29. The molecule has 0 amide bonds. The molecule has 2 heterocycles. The Kier molecular flexibility index (Phi) is 8.89. The summed E-state index contributed by atoms with van der Waals surface area (Å²) in [5, 5.41) is 4.77. The summed E-state index contributed by atoms with van der Waals surface area (Å²) in [7, 11) is 0. The number of rotatable bonds is 7. The third-order valence-corrected chi connectivity index (χ3v) is 14.2. The summed E-state index contributed by atoms with van der Waals surface area (Å²) in [5.41, 5.74) is 16.8. The molecule has 292 valence electrons. The molecule has 0 bridgehead atoms. The minimum atomic E-state index is 0.429. The van der Waals surface area contributed by atoms with Gasteiger partial charge in [-0.1, -0.05) is 157 Å². The second kappa shape index (κ2) is 15.0. The highest BCUT2D eigenvalue weighted by Gasteiger charge is 2.32. The third kappa shape index (κ3) is 6.35. The first-order valence-corrected chi connectivity index (χ1v) is 22.5. The number of anilines is 3. The van der Waals surface area contributed by atoms with Gasteiger partial charge in [0.05, 0.1) is 5.69 Å². The van der Waals surface area contributed by atoms with Crippen molar-refractivity contribution in [2.45, 2.75) is 42.9 Å². The van der Waals surface area contributed by atoms with E-state index in [4.69, 9.17) is 4.42 Å². The molecule has 7 aromatic carbocycles. The topological polar surface area (TPSA) is 16.4 Å². The number of fused-ring (bicyclic) bond motifs is 8. The number of hydrogen-bond acceptors (Lipinski definition) is 3. The lowest BCUT2D eigenvalue weighted by atomic mass is 9.90. The summed E-state index contributed by atoms with van der Waals surface area (Å²) in [6, 6.07) is 51.8. The van der Waals surface area contributed by atoms with Crippen LogP contribution < -0.4 is 4.90 Å². The van der Waals surface area contributed by atoms with Crippen molar-refractivity contribution in [3.63, 3.8) is 0 Å². The number of thioether (sulfide) groups is 1. The summed E-state index contributed by atoms with van der Waals surface area (Å²) in [6.45, 7) is 0. The molecule has 1 aromatic heterocycles. The van der Waals surface area contributed by atoms with Crippen molar-refractivity contribution in [3.05, 3.63) is 216 Å². The highest BCUT2D eigenvalue weighted by Crippen LogP contribution is 2.56. The van der Waals surface area contributed by atoms with E-state index in [-0.39, 0.29) is 0 Å². The Balaban J connectivity index is 0.962. The zero-order chi connectivity index (χ0) is 40.3. The van der Waals surface area contributed by atoms with Gasteiger partial charge in [-0.3, -0.25) is 0 Å². The summed E-state index contributed by atoms with van der Waals surface area (Å²) >= 11 is 1.95. The van der Waals surface area contributed by atoms with Crippen LogP contribution in [0, 0.1) is 0 Å². The van der Waals surface area contributed by atoms with E-state index in [1.54, 1.807) is 0 Å². The maximum atomic E-state index is 6.25. The molecule has 1 atom stereocenters. The normalized spacial score (nSPS) is 16.7. The third-order valence-electron chi connectivity index (χ3n) is 12.9. The predicted molar refractivity (Wildman–Crippen MR) is 260 cm³/mol. The van der Waals surface area contributed by atoms with Gasteiger partial charge in [0.15, 0.2) is 0 Å². The zero-order valence-electron chi connectivity index (χ0n) is 33.9.